The minimum absolute atomic E-state index is 0.0730. The highest BCUT2D eigenvalue weighted by molar-refractivity contribution is 7.91. The van der Waals surface area contributed by atoms with Crippen LogP contribution in [0.5, 0.6) is 0 Å². The lowest BCUT2D eigenvalue weighted by Gasteiger charge is -2.20. The molecule has 1 heterocycles. The van der Waals surface area contributed by atoms with E-state index in [4.69, 9.17) is 18.0 Å². The lowest BCUT2D eigenvalue weighted by atomic mass is 10.1. The number of thiocarbonyl (C=S) groups is 1. The summed E-state index contributed by atoms with van der Waals surface area (Å²) in [4.78, 5) is 12.2. The molecule has 0 saturated carbocycles. The van der Waals surface area contributed by atoms with Crippen LogP contribution >= 0.6 is 23.6 Å². The number of amides is 1. The smallest absolute Gasteiger partial charge is 0.250 e. The standard InChI is InChI=1S/C11H17N3O3S3/c1-11(2,3)14-8(15)6-13-20(16,17)9-5-4-7(19-9)10(12)18/h4-5,13H,6H2,1-3H3,(H2,12,18)(H,14,15). The predicted octanol–water partition coefficient (Wildman–Crippen LogP) is 0.575. The lowest BCUT2D eigenvalue weighted by molar-refractivity contribution is -0.121. The molecule has 0 unspecified atom stereocenters. The van der Waals surface area contributed by atoms with Gasteiger partial charge in [-0.15, -0.1) is 11.3 Å². The Kier molecular flexibility index (Phi) is 5.25. The Morgan fingerprint density at radius 3 is 2.45 bits per heavy atom. The van der Waals surface area contributed by atoms with Crippen LogP contribution in [0.25, 0.3) is 0 Å². The highest BCUT2D eigenvalue weighted by atomic mass is 32.2. The Balaban J connectivity index is 2.70. The first-order valence-electron chi connectivity index (χ1n) is 5.71. The molecule has 112 valence electrons. The third-order valence-corrected chi connectivity index (χ3v) is 5.39. The Labute approximate surface area is 127 Å². The van der Waals surface area contributed by atoms with Crippen molar-refractivity contribution < 1.29 is 13.2 Å². The van der Waals surface area contributed by atoms with E-state index in [0.29, 0.717) is 4.88 Å². The third-order valence-electron chi connectivity index (χ3n) is 2.03. The summed E-state index contributed by atoms with van der Waals surface area (Å²) in [5.74, 6) is -0.396. The number of sulfonamides is 1. The van der Waals surface area contributed by atoms with E-state index < -0.39 is 21.5 Å². The number of hydrogen-bond donors (Lipinski definition) is 3. The van der Waals surface area contributed by atoms with Gasteiger partial charge in [0.25, 0.3) is 10.0 Å². The summed E-state index contributed by atoms with van der Waals surface area (Å²) in [5.41, 5.74) is 5.01. The van der Waals surface area contributed by atoms with E-state index in [1.54, 1.807) is 0 Å². The zero-order valence-corrected chi connectivity index (χ0v) is 13.8. The molecule has 0 atom stereocenters. The zero-order chi connectivity index (χ0) is 15.6. The van der Waals surface area contributed by atoms with Crippen molar-refractivity contribution >= 4 is 44.5 Å². The predicted molar refractivity (Wildman–Crippen MR) is 83.3 cm³/mol. The molecular weight excluding hydrogens is 318 g/mol. The molecular formula is C11H17N3O3S3. The van der Waals surface area contributed by atoms with E-state index in [1.165, 1.54) is 12.1 Å². The largest absolute Gasteiger partial charge is 0.389 e. The number of carbonyl (C=O) groups excluding carboxylic acids is 1. The Bertz CT molecular complexity index is 614. The molecule has 6 nitrogen and oxygen atoms in total. The van der Waals surface area contributed by atoms with Crippen LogP contribution in [0.1, 0.15) is 25.6 Å². The van der Waals surface area contributed by atoms with E-state index >= 15 is 0 Å². The molecule has 0 radical (unpaired) electrons. The second kappa shape index (κ2) is 6.17. The SMILES string of the molecule is CC(C)(C)NC(=O)CNS(=O)(=O)c1ccc(C(N)=S)s1. The second-order valence-corrected chi connectivity index (χ2v) is 8.62. The topological polar surface area (TPSA) is 101 Å². The molecule has 0 bridgehead atoms. The Morgan fingerprint density at radius 1 is 1.40 bits per heavy atom. The van der Waals surface area contributed by atoms with Gasteiger partial charge in [-0.25, -0.2) is 13.1 Å². The highest BCUT2D eigenvalue weighted by Crippen LogP contribution is 2.21. The maximum atomic E-state index is 12.0. The molecule has 1 aromatic rings. The molecule has 0 aliphatic carbocycles. The highest BCUT2D eigenvalue weighted by Gasteiger charge is 2.20. The van der Waals surface area contributed by atoms with Gasteiger partial charge < -0.3 is 11.1 Å². The molecule has 0 spiro atoms. The molecule has 0 aromatic carbocycles. The molecule has 4 N–H and O–H groups in total. The van der Waals surface area contributed by atoms with Gasteiger partial charge in [-0.1, -0.05) is 12.2 Å². The van der Waals surface area contributed by atoms with Crippen LogP contribution in [0.15, 0.2) is 16.3 Å². The van der Waals surface area contributed by atoms with Crippen molar-refractivity contribution in [2.75, 3.05) is 6.54 Å². The lowest BCUT2D eigenvalue weighted by Crippen LogP contribution is -2.45. The average Bonchev–Trinajstić information content (AvgIpc) is 2.74. The van der Waals surface area contributed by atoms with Crippen molar-refractivity contribution in [2.24, 2.45) is 5.73 Å². The van der Waals surface area contributed by atoms with Crippen LogP contribution in [0.4, 0.5) is 0 Å². The van der Waals surface area contributed by atoms with Gasteiger partial charge in [0.15, 0.2) is 0 Å². The van der Waals surface area contributed by atoms with E-state index in [2.05, 4.69) is 10.0 Å². The van der Waals surface area contributed by atoms with E-state index in [-0.39, 0.29) is 15.7 Å². The summed E-state index contributed by atoms with van der Waals surface area (Å²) in [6.07, 6.45) is 0. The summed E-state index contributed by atoms with van der Waals surface area (Å²) < 4.78 is 26.3. The maximum Gasteiger partial charge on any atom is 0.250 e. The monoisotopic (exact) mass is 335 g/mol. The van der Waals surface area contributed by atoms with Gasteiger partial charge in [0.05, 0.1) is 11.4 Å². The molecule has 0 fully saturated rings. The fourth-order valence-corrected chi connectivity index (χ4v) is 3.67. The molecule has 0 aliphatic heterocycles. The summed E-state index contributed by atoms with van der Waals surface area (Å²) in [6, 6.07) is 2.94. The number of rotatable bonds is 5. The second-order valence-electron chi connectivity index (χ2n) is 5.11. The fraction of sp³-hybridized carbons (Fsp3) is 0.455. The minimum Gasteiger partial charge on any atom is -0.389 e. The maximum absolute atomic E-state index is 12.0. The van der Waals surface area contributed by atoms with Crippen molar-refractivity contribution in [2.45, 2.75) is 30.5 Å². The van der Waals surface area contributed by atoms with Crippen molar-refractivity contribution in [3.05, 3.63) is 17.0 Å². The molecule has 9 heteroatoms. The molecule has 1 rings (SSSR count). The summed E-state index contributed by atoms with van der Waals surface area (Å²) >= 11 is 5.74. The first-order valence-corrected chi connectivity index (χ1v) is 8.42. The van der Waals surface area contributed by atoms with Gasteiger partial charge in [0.1, 0.15) is 9.20 Å². The van der Waals surface area contributed by atoms with Crippen molar-refractivity contribution in [1.82, 2.24) is 10.0 Å². The molecule has 0 aliphatic rings. The van der Waals surface area contributed by atoms with Crippen LogP contribution in [0.3, 0.4) is 0 Å². The van der Waals surface area contributed by atoms with Crippen LogP contribution in [-0.2, 0) is 14.8 Å². The molecule has 0 saturated heterocycles. The van der Waals surface area contributed by atoms with Gasteiger partial charge >= 0.3 is 0 Å². The Morgan fingerprint density at radius 2 is 2.00 bits per heavy atom. The van der Waals surface area contributed by atoms with E-state index in [1.807, 2.05) is 20.8 Å². The van der Waals surface area contributed by atoms with E-state index in [9.17, 15) is 13.2 Å². The average molecular weight is 335 g/mol. The van der Waals surface area contributed by atoms with Crippen molar-refractivity contribution in [3.8, 4) is 0 Å². The first kappa shape index (κ1) is 17.0. The number of nitrogens with one attached hydrogen (secondary N) is 2. The minimum atomic E-state index is -3.73. The van der Waals surface area contributed by atoms with Gasteiger partial charge in [-0.3, -0.25) is 4.79 Å². The van der Waals surface area contributed by atoms with Crippen LogP contribution in [0, 0.1) is 0 Å². The van der Waals surface area contributed by atoms with Crippen LogP contribution in [0.2, 0.25) is 0 Å². The zero-order valence-electron chi connectivity index (χ0n) is 11.4. The van der Waals surface area contributed by atoms with Crippen LogP contribution < -0.4 is 15.8 Å². The summed E-state index contributed by atoms with van der Waals surface area (Å²) in [5, 5.41) is 2.66. The summed E-state index contributed by atoms with van der Waals surface area (Å²) in [7, 11) is -3.73. The Hall–Kier alpha value is -1.03. The number of thiophene rings is 1. The molecule has 1 aromatic heterocycles. The van der Waals surface area contributed by atoms with Gasteiger partial charge in [0.2, 0.25) is 5.91 Å². The third kappa shape index (κ3) is 5.16. The number of carbonyl (C=O) groups is 1. The van der Waals surface area contributed by atoms with Crippen LogP contribution in [-0.4, -0.2) is 31.4 Å². The van der Waals surface area contributed by atoms with Gasteiger partial charge in [0, 0.05) is 5.54 Å². The molecule has 1 amide bonds. The fourth-order valence-electron chi connectivity index (χ4n) is 1.29. The van der Waals surface area contributed by atoms with Gasteiger partial charge in [-0.05, 0) is 32.9 Å². The van der Waals surface area contributed by atoms with Crippen molar-refractivity contribution in [1.29, 1.82) is 0 Å². The van der Waals surface area contributed by atoms with Crippen molar-refractivity contribution in [3.63, 3.8) is 0 Å². The number of hydrogen-bond acceptors (Lipinski definition) is 5. The summed E-state index contributed by atoms with van der Waals surface area (Å²) in [6.45, 7) is 5.12. The number of nitrogens with two attached hydrogens (primary N) is 1. The van der Waals surface area contributed by atoms with Gasteiger partial charge in [-0.2, -0.15) is 0 Å². The normalized spacial score (nSPS) is 12.2. The molecule has 20 heavy (non-hydrogen) atoms. The van der Waals surface area contributed by atoms with E-state index in [0.717, 1.165) is 11.3 Å². The quantitative estimate of drug-likeness (QED) is 0.683. The first-order chi connectivity index (χ1) is 9.01.